The van der Waals surface area contributed by atoms with Crippen LogP contribution in [0.2, 0.25) is 0 Å². The summed E-state index contributed by atoms with van der Waals surface area (Å²) in [7, 11) is 0. The van der Waals surface area contributed by atoms with Gasteiger partial charge in [0.05, 0.1) is 12.2 Å². The van der Waals surface area contributed by atoms with Crippen molar-refractivity contribution in [2.45, 2.75) is 12.3 Å². The van der Waals surface area contributed by atoms with E-state index < -0.39 is 40.6 Å². The molecule has 0 fully saturated rings. The van der Waals surface area contributed by atoms with Crippen molar-refractivity contribution >= 4 is 5.97 Å². The number of phenolic OH excluding ortho intramolecular Hbond substituents is 6. The third-order valence-corrected chi connectivity index (χ3v) is 5.27. The zero-order chi connectivity index (χ0) is 22.4. The lowest BCUT2D eigenvalue weighted by Crippen LogP contribution is -2.21. The van der Waals surface area contributed by atoms with E-state index in [1.54, 1.807) is 6.07 Å². The molecule has 9 nitrogen and oxygen atoms in total. The number of ether oxygens (including phenoxy) is 1. The van der Waals surface area contributed by atoms with Crippen molar-refractivity contribution < 1.29 is 45.3 Å². The molecular weight excluding hydrogens is 408 g/mol. The van der Waals surface area contributed by atoms with E-state index in [1.807, 2.05) is 0 Å². The molecule has 9 heteroatoms. The SMILES string of the molecule is O=C(O)c1cc(O)c(O)c(C2COc3cc(O)ccc3C2)c1-c1cc(O)c(O)c(O)c1. The van der Waals surface area contributed by atoms with Crippen molar-refractivity contribution in [3.8, 4) is 51.4 Å². The van der Waals surface area contributed by atoms with Crippen molar-refractivity contribution in [2.75, 3.05) is 6.61 Å². The minimum atomic E-state index is -1.42. The molecule has 3 aromatic rings. The summed E-state index contributed by atoms with van der Waals surface area (Å²) < 4.78 is 5.69. The van der Waals surface area contributed by atoms with Crippen LogP contribution < -0.4 is 4.74 Å². The molecule has 7 N–H and O–H groups in total. The van der Waals surface area contributed by atoms with Crippen LogP contribution >= 0.6 is 0 Å². The van der Waals surface area contributed by atoms with E-state index in [0.717, 1.165) is 18.2 Å². The van der Waals surface area contributed by atoms with Gasteiger partial charge in [-0.15, -0.1) is 0 Å². The highest BCUT2D eigenvalue weighted by atomic mass is 16.5. The van der Waals surface area contributed by atoms with E-state index in [2.05, 4.69) is 0 Å². The monoisotopic (exact) mass is 426 g/mol. The third-order valence-electron chi connectivity index (χ3n) is 5.27. The number of hydrogen-bond acceptors (Lipinski definition) is 8. The normalized spacial score (nSPS) is 15.2. The van der Waals surface area contributed by atoms with E-state index in [1.165, 1.54) is 12.1 Å². The van der Waals surface area contributed by atoms with E-state index in [0.29, 0.717) is 11.3 Å². The second-order valence-corrected chi connectivity index (χ2v) is 7.25. The summed E-state index contributed by atoms with van der Waals surface area (Å²) in [6.07, 6.45) is 0.286. The lowest BCUT2D eigenvalue weighted by molar-refractivity contribution is 0.0697. The van der Waals surface area contributed by atoms with Crippen LogP contribution in [0.3, 0.4) is 0 Å². The second kappa shape index (κ2) is 7.21. The van der Waals surface area contributed by atoms with Crippen LogP contribution in [0.15, 0.2) is 36.4 Å². The van der Waals surface area contributed by atoms with Crippen molar-refractivity contribution in [3.05, 3.63) is 53.1 Å². The Hall–Kier alpha value is -4.27. The largest absolute Gasteiger partial charge is 0.508 e. The van der Waals surface area contributed by atoms with Crippen LogP contribution in [0.1, 0.15) is 27.4 Å². The van der Waals surface area contributed by atoms with Crippen LogP contribution in [-0.4, -0.2) is 48.3 Å². The van der Waals surface area contributed by atoms with Gasteiger partial charge >= 0.3 is 5.97 Å². The van der Waals surface area contributed by atoms with Gasteiger partial charge in [-0.3, -0.25) is 0 Å². The van der Waals surface area contributed by atoms with Gasteiger partial charge < -0.3 is 40.5 Å². The molecule has 1 aliphatic rings. The summed E-state index contributed by atoms with van der Waals surface area (Å²) in [6.45, 7) is -0.00439. The van der Waals surface area contributed by atoms with Crippen LogP contribution in [0.5, 0.6) is 40.2 Å². The number of carboxylic acid groups (broad SMARTS) is 1. The molecule has 0 saturated heterocycles. The number of aromatic hydroxyl groups is 6. The lowest BCUT2D eigenvalue weighted by atomic mass is 9.82. The van der Waals surface area contributed by atoms with Gasteiger partial charge in [-0.1, -0.05) is 6.07 Å². The molecule has 0 amide bonds. The first-order valence-electron chi connectivity index (χ1n) is 9.19. The Kier molecular flexibility index (Phi) is 4.65. The van der Waals surface area contributed by atoms with E-state index in [-0.39, 0.29) is 41.0 Å². The maximum atomic E-state index is 11.9. The Bertz CT molecular complexity index is 1190. The van der Waals surface area contributed by atoms with Crippen LogP contribution in [-0.2, 0) is 6.42 Å². The average Bonchev–Trinajstić information content (AvgIpc) is 2.72. The fourth-order valence-electron chi connectivity index (χ4n) is 3.85. The highest BCUT2D eigenvalue weighted by molar-refractivity contribution is 5.99. The van der Waals surface area contributed by atoms with Gasteiger partial charge in [-0.25, -0.2) is 4.79 Å². The molecule has 31 heavy (non-hydrogen) atoms. The highest BCUT2D eigenvalue weighted by Crippen LogP contribution is 2.49. The second-order valence-electron chi connectivity index (χ2n) is 7.25. The Balaban J connectivity index is 1.96. The third kappa shape index (κ3) is 3.35. The number of benzene rings is 3. The van der Waals surface area contributed by atoms with Crippen molar-refractivity contribution in [2.24, 2.45) is 0 Å². The molecule has 0 bridgehead atoms. The Morgan fingerprint density at radius 2 is 1.52 bits per heavy atom. The predicted molar refractivity (Wildman–Crippen MR) is 107 cm³/mol. The van der Waals surface area contributed by atoms with E-state index in [9.17, 15) is 40.5 Å². The smallest absolute Gasteiger partial charge is 0.336 e. The molecule has 4 rings (SSSR count). The Morgan fingerprint density at radius 3 is 2.16 bits per heavy atom. The minimum absolute atomic E-state index is 0.00439. The molecule has 0 aliphatic carbocycles. The zero-order valence-electron chi connectivity index (χ0n) is 15.9. The summed E-state index contributed by atoms with van der Waals surface area (Å²) in [4.78, 5) is 11.9. The number of carbonyl (C=O) groups is 1. The summed E-state index contributed by atoms with van der Waals surface area (Å²) in [5.74, 6) is -4.95. The molecule has 1 heterocycles. The number of hydrogen-bond donors (Lipinski definition) is 7. The average molecular weight is 426 g/mol. The first-order valence-corrected chi connectivity index (χ1v) is 9.19. The quantitative estimate of drug-likeness (QED) is 0.311. The maximum absolute atomic E-state index is 11.9. The van der Waals surface area contributed by atoms with E-state index >= 15 is 0 Å². The summed E-state index contributed by atoms with van der Waals surface area (Å²) >= 11 is 0. The first-order chi connectivity index (χ1) is 14.7. The summed E-state index contributed by atoms with van der Waals surface area (Å²) in [5.41, 5.74) is 0.305. The molecule has 1 atom stereocenters. The molecule has 160 valence electrons. The minimum Gasteiger partial charge on any atom is -0.508 e. The predicted octanol–water partition coefficient (Wildman–Crippen LogP) is 3.00. The lowest BCUT2D eigenvalue weighted by Gasteiger charge is -2.29. The molecule has 0 spiro atoms. The van der Waals surface area contributed by atoms with Gasteiger partial charge in [-0.2, -0.15) is 0 Å². The molecule has 0 saturated carbocycles. The van der Waals surface area contributed by atoms with Gasteiger partial charge in [0.25, 0.3) is 0 Å². The van der Waals surface area contributed by atoms with Gasteiger partial charge in [0, 0.05) is 23.1 Å². The topological polar surface area (TPSA) is 168 Å². The van der Waals surface area contributed by atoms with E-state index in [4.69, 9.17) is 4.74 Å². The number of phenols is 6. The first kappa shape index (κ1) is 20.0. The Labute approximate surface area is 175 Å². The van der Waals surface area contributed by atoms with Crippen LogP contribution in [0, 0.1) is 0 Å². The fourth-order valence-corrected chi connectivity index (χ4v) is 3.85. The number of rotatable bonds is 3. The molecule has 0 radical (unpaired) electrons. The zero-order valence-corrected chi connectivity index (χ0v) is 15.9. The van der Waals surface area contributed by atoms with Crippen molar-refractivity contribution in [1.82, 2.24) is 0 Å². The van der Waals surface area contributed by atoms with Crippen LogP contribution in [0.25, 0.3) is 11.1 Å². The number of fused-ring (bicyclic) bond motifs is 1. The maximum Gasteiger partial charge on any atom is 0.336 e. The molecule has 3 aromatic carbocycles. The van der Waals surface area contributed by atoms with Crippen molar-refractivity contribution in [1.29, 1.82) is 0 Å². The molecule has 0 aromatic heterocycles. The Morgan fingerprint density at radius 1 is 0.871 bits per heavy atom. The summed E-state index contributed by atoms with van der Waals surface area (Å²) in [5, 5.41) is 69.7. The molecular formula is C22H18O9. The molecule has 1 aliphatic heterocycles. The van der Waals surface area contributed by atoms with Crippen LogP contribution in [0.4, 0.5) is 0 Å². The van der Waals surface area contributed by atoms with Gasteiger partial charge in [-0.05, 0) is 41.8 Å². The summed E-state index contributed by atoms with van der Waals surface area (Å²) in [6, 6.07) is 7.50. The standard InChI is InChI=1S/C22H18O9/c23-12-2-1-9-3-11(8-31-17(9)6-12)19-18(10-4-14(24)20(27)15(25)5-10)13(22(29)30)7-16(26)21(19)28/h1-2,4-7,11,23-28H,3,8H2,(H,29,30). The van der Waals surface area contributed by atoms with Gasteiger partial charge in [0.1, 0.15) is 11.5 Å². The highest BCUT2D eigenvalue weighted by Gasteiger charge is 2.32. The molecule has 1 unspecified atom stereocenters. The van der Waals surface area contributed by atoms with Gasteiger partial charge in [0.15, 0.2) is 28.7 Å². The van der Waals surface area contributed by atoms with Gasteiger partial charge in [0.2, 0.25) is 0 Å². The fraction of sp³-hybridized carbons (Fsp3) is 0.136. The number of aromatic carboxylic acids is 1. The number of carboxylic acids is 1. The van der Waals surface area contributed by atoms with Crippen molar-refractivity contribution in [3.63, 3.8) is 0 Å².